The van der Waals surface area contributed by atoms with Crippen LogP contribution in [0.3, 0.4) is 0 Å². The molecule has 1 aromatic carbocycles. The average molecular weight is 385 g/mol. The Kier molecular flexibility index (Phi) is 6.46. The van der Waals surface area contributed by atoms with Crippen molar-refractivity contribution < 1.29 is 19.1 Å². The van der Waals surface area contributed by atoms with Crippen molar-refractivity contribution in [2.24, 2.45) is 5.92 Å². The zero-order valence-electron chi connectivity index (χ0n) is 16.7. The molecule has 2 heterocycles. The zero-order valence-corrected chi connectivity index (χ0v) is 16.7. The number of aromatic nitrogens is 1. The molecule has 28 heavy (non-hydrogen) atoms. The number of pyridine rings is 1. The number of hydrogen-bond acceptors (Lipinski definition) is 5. The van der Waals surface area contributed by atoms with Gasteiger partial charge in [-0.05, 0) is 24.1 Å². The molecule has 1 aliphatic heterocycles. The second-order valence-corrected chi connectivity index (χ2v) is 7.09. The van der Waals surface area contributed by atoms with Crippen molar-refractivity contribution in [1.82, 2.24) is 14.8 Å². The highest BCUT2D eigenvalue weighted by molar-refractivity contribution is 5.88. The molecule has 1 fully saturated rings. The Morgan fingerprint density at radius 1 is 1.32 bits per heavy atom. The number of rotatable bonds is 7. The predicted octanol–water partition coefficient (Wildman–Crippen LogP) is 2.09. The quantitative estimate of drug-likeness (QED) is 0.730. The van der Waals surface area contributed by atoms with Crippen molar-refractivity contribution in [2.75, 3.05) is 41.0 Å². The Morgan fingerprint density at radius 2 is 2.14 bits per heavy atom. The van der Waals surface area contributed by atoms with Crippen LogP contribution in [0.2, 0.25) is 0 Å². The summed E-state index contributed by atoms with van der Waals surface area (Å²) >= 11 is 0. The molecule has 0 spiro atoms. The van der Waals surface area contributed by atoms with Crippen molar-refractivity contribution in [3.63, 3.8) is 0 Å². The molecule has 1 unspecified atom stereocenters. The van der Waals surface area contributed by atoms with Gasteiger partial charge in [-0.15, -0.1) is 0 Å². The summed E-state index contributed by atoms with van der Waals surface area (Å²) in [6, 6.07) is 7.73. The predicted molar refractivity (Wildman–Crippen MR) is 106 cm³/mol. The first kappa shape index (κ1) is 20.1. The lowest BCUT2D eigenvalue weighted by atomic mass is 9.95. The van der Waals surface area contributed by atoms with Gasteiger partial charge in [-0.3, -0.25) is 14.6 Å². The normalized spacial score (nSPS) is 17.0. The number of carbonyl (C=O) groups is 2. The molecule has 0 saturated carbocycles. The highest BCUT2D eigenvalue weighted by Gasteiger charge is 2.31. The van der Waals surface area contributed by atoms with Gasteiger partial charge in [-0.25, -0.2) is 0 Å². The Morgan fingerprint density at radius 3 is 2.89 bits per heavy atom. The van der Waals surface area contributed by atoms with Gasteiger partial charge in [0.1, 0.15) is 11.3 Å². The van der Waals surface area contributed by atoms with Gasteiger partial charge >= 0.3 is 0 Å². The van der Waals surface area contributed by atoms with Gasteiger partial charge < -0.3 is 19.3 Å². The van der Waals surface area contributed by atoms with Crippen LogP contribution in [-0.4, -0.2) is 67.6 Å². The third-order valence-corrected chi connectivity index (χ3v) is 5.24. The SMILES string of the molecule is COCCN1CC(C(=O)N(C)Cc2ccc(OC)c3ncccc23)CCC1=O. The summed E-state index contributed by atoms with van der Waals surface area (Å²) in [6.07, 6.45) is 2.73. The lowest BCUT2D eigenvalue weighted by Gasteiger charge is -2.33. The van der Waals surface area contributed by atoms with E-state index in [1.165, 1.54) is 0 Å². The first-order valence-electron chi connectivity index (χ1n) is 9.47. The van der Waals surface area contributed by atoms with Gasteiger partial charge in [0.25, 0.3) is 0 Å². The summed E-state index contributed by atoms with van der Waals surface area (Å²) in [5.74, 6) is 0.689. The topological polar surface area (TPSA) is 72.0 Å². The molecule has 1 aromatic heterocycles. The lowest BCUT2D eigenvalue weighted by molar-refractivity contribution is -0.143. The van der Waals surface area contributed by atoms with Gasteiger partial charge in [0.05, 0.1) is 19.6 Å². The van der Waals surface area contributed by atoms with Crippen LogP contribution in [0.15, 0.2) is 30.5 Å². The number of fused-ring (bicyclic) bond motifs is 1. The fourth-order valence-electron chi connectivity index (χ4n) is 3.69. The van der Waals surface area contributed by atoms with E-state index in [0.29, 0.717) is 44.8 Å². The lowest BCUT2D eigenvalue weighted by Crippen LogP contribution is -2.47. The van der Waals surface area contributed by atoms with E-state index < -0.39 is 0 Å². The Bertz CT molecular complexity index is 855. The van der Waals surface area contributed by atoms with E-state index in [0.717, 1.165) is 16.5 Å². The highest BCUT2D eigenvalue weighted by Crippen LogP contribution is 2.28. The summed E-state index contributed by atoms with van der Waals surface area (Å²) in [6.45, 7) is 1.94. The van der Waals surface area contributed by atoms with Crippen molar-refractivity contribution >= 4 is 22.7 Å². The van der Waals surface area contributed by atoms with E-state index in [2.05, 4.69) is 4.98 Å². The fraction of sp³-hybridized carbons (Fsp3) is 0.476. The number of ether oxygens (including phenoxy) is 2. The van der Waals surface area contributed by atoms with E-state index in [1.807, 2.05) is 31.3 Å². The molecule has 0 aliphatic carbocycles. The van der Waals surface area contributed by atoms with Crippen molar-refractivity contribution in [3.05, 3.63) is 36.0 Å². The Balaban J connectivity index is 1.72. The molecule has 0 radical (unpaired) electrons. The van der Waals surface area contributed by atoms with E-state index in [9.17, 15) is 9.59 Å². The average Bonchev–Trinajstić information content (AvgIpc) is 2.72. The van der Waals surface area contributed by atoms with Crippen molar-refractivity contribution in [2.45, 2.75) is 19.4 Å². The van der Waals surface area contributed by atoms with Crippen LogP contribution in [0, 0.1) is 5.92 Å². The zero-order chi connectivity index (χ0) is 20.1. The number of amides is 2. The molecule has 7 nitrogen and oxygen atoms in total. The highest BCUT2D eigenvalue weighted by atomic mass is 16.5. The second-order valence-electron chi connectivity index (χ2n) is 7.09. The Labute approximate surface area is 165 Å². The first-order valence-corrected chi connectivity index (χ1v) is 9.47. The van der Waals surface area contributed by atoms with Crippen molar-refractivity contribution in [1.29, 1.82) is 0 Å². The third-order valence-electron chi connectivity index (χ3n) is 5.24. The number of methoxy groups -OCH3 is 2. The van der Waals surface area contributed by atoms with Crippen LogP contribution < -0.4 is 4.74 Å². The largest absolute Gasteiger partial charge is 0.494 e. The summed E-state index contributed by atoms with van der Waals surface area (Å²) in [5.41, 5.74) is 1.81. The van der Waals surface area contributed by atoms with Gasteiger partial charge in [0.15, 0.2) is 0 Å². The molecule has 1 saturated heterocycles. The second kappa shape index (κ2) is 9.01. The van der Waals surface area contributed by atoms with Crippen LogP contribution in [0.1, 0.15) is 18.4 Å². The maximum Gasteiger partial charge on any atom is 0.227 e. The van der Waals surface area contributed by atoms with Crippen LogP contribution in [-0.2, 0) is 20.9 Å². The molecule has 7 heteroatoms. The maximum absolute atomic E-state index is 13.0. The summed E-state index contributed by atoms with van der Waals surface area (Å²) in [5, 5.41) is 0.974. The fourth-order valence-corrected chi connectivity index (χ4v) is 3.69. The van der Waals surface area contributed by atoms with Crippen LogP contribution in [0.25, 0.3) is 10.9 Å². The van der Waals surface area contributed by atoms with E-state index in [-0.39, 0.29) is 17.7 Å². The number of nitrogens with zero attached hydrogens (tertiary/aromatic N) is 3. The molecule has 0 N–H and O–H groups in total. The number of hydrogen-bond donors (Lipinski definition) is 0. The smallest absolute Gasteiger partial charge is 0.227 e. The summed E-state index contributed by atoms with van der Waals surface area (Å²) < 4.78 is 10.5. The molecular weight excluding hydrogens is 358 g/mol. The van der Waals surface area contributed by atoms with Gasteiger partial charge in [-0.2, -0.15) is 0 Å². The third kappa shape index (κ3) is 4.25. The summed E-state index contributed by atoms with van der Waals surface area (Å²) in [4.78, 5) is 33.0. The number of carbonyl (C=O) groups excluding carboxylic acids is 2. The molecule has 150 valence electrons. The number of likely N-dealkylation sites (tertiary alicyclic amines) is 1. The maximum atomic E-state index is 13.0. The van der Waals surface area contributed by atoms with Gasteiger partial charge in [0, 0.05) is 51.8 Å². The van der Waals surface area contributed by atoms with Crippen molar-refractivity contribution in [3.8, 4) is 5.75 Å². The number of piperidine rings is 1. The minimum atomic E-state index is -0.179. The Hall–Kier alpha value is -2.67. The number of benzene rings is 1. The van der Waals surface area contributed by atoms with Gasteiger partial charge in [-0.1, -0.05) is 12.1 Å². The molecule has 2 aromatic rings. The van der Waals surface area contributed by atoms with Crippen LogP contribution >= 0.6 is 0 Å². The molecule has 3 rings (SSSR count). The minimum absolute atomic E-state index is 0.0581. The summed E-state index contributed by atoms with van der Waals surface area (Å²) in [7, 11) is 5.04. The van der Waals surface area contributed by atoms with E-state index in [1.54, 1.807) is 30.2 Å². The van der Waals surface area contributed by atoms with Crippen LogP contribution in [0.5, 0.6) is 5.75 Å². The molecule has 1 atom stereocenters. The van der Waals surface area contributed by atoms with Crippen LogP contribution in [0.4, 0.5) is 0 Å². The minimum Gasteiger partial charge on any atom is -0.494 e. The monoisotopic (exact) mass is 385 g/mol. The first-order chi connectivity index (χ1) is 13.5. The van der Waals surface area contributed by atoms with E-state index in [4.69, 9.17) is 9.47 Å². The molecule has 1 aliphatic rings. The van der Waals surface area contributed by atoms with E-state index >= 15 is 0 Å². The van der Waals surface area contributed by atoms with Gasteiger partial charge in [0.2, 0.25) is 11.8 Å². The molecular formula is C21H27N3O4. The standard InChI is InChI=1S/C21H27N3O4/c1-23(21(26)16-7-9-19(25)24(14-16)11-12-27-2)13-15-6-8-18(28-3)20-17(15)5-4-10-22-20/h4-6,8,10,16H,7,9,11-14H2,1-3H3. The molecule has 2 amide bonds. The molecule has 0 bridgehead atoms.